The van der Waals surface area contributed by atoms with Gasteiger partial charge in [0.05, 0.1) is 41.5 Å². The van der Waals surface area contributed by atoms with Gasteiger partial charge in [-0.1, -0.05) is 6.07 Å². The molecule has 152 valence electrons. The smallest absolute Gasteiger partial charge is 0.252 e. The SMILES string of the molecule is Cn1ncc(Cc2ccc3nccc(C(=O)NCC(=O)N4CSC[C@H]4C#N)c3c2)n1. The molecule has 0 saturated carbocycles. The third kappa shape index (κ3) is 4.11. The normalized spacial score (nSPS) is 15.9. The van der Waals surface area contributed by atoms with Crippen molar-refractivity contribution < 1.29 is 9.59 Å². The second kappa shape index (κ2) is 8.51. The zero-order chi connectivity index (χ0) is 21.1. The Morgan fingerprint density at radius 1 is 1.37 bits per heavy atom. The Hall–Kier alpha value is -3.45. The lowest BCUT2D eigenvalue weighted by Gasteiger charge is -2.18. The van der Waals surface area contributed by atoms with E-state index in [1.165, 1.54) is 21.5 Å². The summed E-state index contributed by atoms with van der Waals surface area (Å²) in [5, 5.41) is 20.9. The number of hydrogen-bond donors (Lipinski definition) is 1. The van der Waals surface area contributed by atoms with Crippen molar-refractivity contribution in [1.29, 1.82) is 5.26 Å². The maximum Gasteiger partial charge on any atom is 0.252 e. The van der Waals surface area contributed by atoms with E-state index >= 15 is 0 Å². The fraction of sp³-hybridized carbons (Fsp3) is 0.300. The largest absolute Gasteiger partial charge is 0.343 e. The van der Waals surface area contributed by atoms with Crippen molar-refractivity contribution >= 4 is 34.5 Å². The number of amides is 2. The van der Waals surface area contributed by atoms with Gasteiger partial charge in [0.2, 0.25) is 5.91 Å². The quantitative estimate of drug-likeness (QED) is 0.656. The van der Waals surface area contributed by atoms with E-state index in [2.05, 4.69) is 26.6 Å². The van der Waals surface area contributed by atoms with Crippen LogP contribution in [0, 0.1) is 11.3 Å². The van der Waals surface area contributed by atoms with Crippen molar-refractivity contribution in [3.63, 3.8) is 0 Å². The van der Waals surface area contributed by atoms with Crippen LogP contribution in [0.3, 0.4) is 0 Å². The molecule has 1 atom stereocenters. The van der Waals surface area contributed by atoms with E-state index in [0.29, 0.717) is 34.5 Å². The molecule has 1 saturated heterocycles. The van der Waals surface area contributed by atoms with Gasteiger partial charge in [0.15, 0.2) is 0 Å². The first-order chi connectivity index (χ1) is 14.5. The van der Waals surface area contributed by atoms with Gasteiger partial charge < -0.3 is 10.2 Å². The maximum atomic E-state index is 12.8. The summed E-state index contributed by atoms with van der Waals surface area (Å²) in [6, 6.07) is 9.04. The minimum atomic E-state index is -0.440. The van der Waals surface area contributed by atoms with E-state index in [9.17, 15) is 9.59 Å². The van der Waals surface area contributed by atoms with Crippen molar-refractivity contribution in [3.05, 3.63) is 53.5 Å². The minimum absolute atomic E-state index is 0.152. The lowest BCUT2D eigenvalue weighted by Crippen LogP contribution is -2.42. The first-order valence-electron chi connectivity index (χ1n) is 9.33. The molecule has 9 nitrogen and oxygen atoms in total. The van der Waals surface area contributed by atoms with Gasteiger partial charge >= 0.3 is 0 Å². The van der Waals surface area contributed by atoms with Crippen LogP contribution in [0.25, 0.3) is 10.9 Å². The molecule has 4 rings (SSSR count). The fourth-order valence-corrected chi connectivity index (χ4v) is 4.43. The molecular weight excluding hydrogens is 402 g/mol. The van der Waals surface area contributed by atoms with E-state index in [4.69, 9.17) is 5.26 Å². The Bertz CT molecular complexity index is 1150. The van der Waals surface area contributed by atoms with Gasteiger partial charge in [-0.05, 0) is 23.8 Å². The number of carbonyl (C=O) groups is 2. The predicted molar refractivity (Wildman–Crippen MR) is 111 cm³/mol. The average Bonchev–Trinajstić information content (AvgIpc) is 3.40. The topological polar surface area (TPSA) is 117 Å². The number of nitriles is 1. The van der Waals surface area contributed by atoms with Gasteiger partial charge in [0, 0.05) is 30.8 Å². The molecule has 1 aliphatic rings. The Morgan fingerprint density at radius 2 is 2.23 bits per heavy atom. The van der Waals surface area contributed by atoms with E-state index < -0.39 is 6.04 Å². The highest BCUT2D eigenvalue weighted by Crippen LogP contribution is 2.21. The molecule has 2 amide bonds. The molecule has 1 aliphatic heterocycles. The average molecular weight is 421 g/mol. The molecule has 0 spiro atoms. The maximum absolute atomic E-state index is 12.8. The fourth-order valence-electron chi connectivity index (χ4n) is 3.33. The summed E-state index contributed by atoms with van der Waals surface area (Å²) in [6.07, 6.45) is 3.86. The van der Waals surface area contributed by atoms with Crippen molar-refractivity contribution in [2.24, 2.45) is 7.05 Å². The number of fused-ring (bicyclic) bond motifs is 1. The highest BCUT2D eigenvalue weighted by Gasteiger charge is 2.29. The zero-order valence-corrected chi connectivity index (χ0v) is 17.1. The van der Waals surface area contributed by atoms with E-state index in [-0.39, 0.29) is 18.4 Å². The van der Waals surface area contributed by atoms with E-state index in [1.807, 2.05) is 18.2 Å². The van der Waals surface area contributed by atoms with Crippen LogP contribution in [0.2, 0.25) is 0 Å². The molecule has 10 heteroatoms. The minimum Gasteiger partial charge on any atom is -0.343 e. The first kappa shape index (κ1) is 19.8. The van der Waals surface area contributed by atoms with E-state index in [0.717, 1.165) is 11.3 Å². The highest BCUT2D eigenvalue weighted by atomic mass is 32.2. The van der Waals surface area contributed by atoms with Gasteiger partial charge in [-0.3, -0.25) is 14.6 Å². The molecule has 2 aromatic heterocycles. The van der Waals surface area contributed by atoms with E-state index in [1.54, 1.807) is 25.5 Å². The first-order valence-corrected chi connectivity index (χ1v) is 10.5. The number of nitrogens with one attached hydrogen (secondary N) is 1. The van der Waals surface area contributed by atoms with Crippen LogP contribution >= 0.6 is 11.8 Å². The number of aromatic nitrogens is 4. The second-order valence-electron chi connectivity index (χ2n) is 6.90. The summed E-state index contributed by atoms with van der Waals surface area (Å²) in [5.74, 6) is 0.450. The van der Waals surface area contributed by atoms with Crippen molar-refractivity contribution in [2.75, 3.05) is 18.2 Å². The predicted octanol–water partition coefficient (Wildman–Crippen LogP) is 1.11. The molecule has 0 aliphatic carbocycles. The number of hydrogen-bond acceptors (Lipinski definition) is 7. The van der Waals surface area contributed by atoms with Gasteiger partial charge in [0.1, 0.15) is 6.04 Å². The third-order valence-corrected chi connectivity index (χ3v) is 5.85. The highest BCUT2D eigenvalue weighted by molar-refractivity contribution is 7.99. The Kier molecular flexibility index (Phi) is 5.63. The summed E-state index contributed by atoms with van der Waals surface area (Å²) in [5.41, 5.74) is 2.94. The molecule has 1 aromatic carbocycles. The Labute approximate surface area is 177 Å². The number of benzene rings is 1. The summed E-state index contributed by atoms with van der Waals surface area (Å²) < 4.78 is 0. The zero-order valence-electron chi connectivity index (χ0n) is 16.3. The molecule has 0 unspecified atom stereocenters. The van der Waals surface area contributed by atoms with Crippen molar-refractivity contribution in [3.8, 4) is 6.07 Å². The van der Waals surface area contributed by atoms with Crippen LogP contribution in [-0.4, -0.2) is 60.9 Å². The summed E-state index contributed by atoms with van der Waals surface area (Å²) in [4.78, 5) is 32.5. The monoisotopic (exact) mass is 421 g/mol. The molecule has 3 aromatic rings. The number of thioether (sulfide) groups is 1. The number of nitrogens with zero attached hydrogens (tertiary/aromatic N) is 6. The van der Waals surface area contributed by atoms with Gasteiger partial charge in [-0.15, -0.1) is 11.8 Å². The molecule has 0 bridgehead atoms. The second-order valence-corrected chi connectivity index (χ2v) is 7.90. The van der Waals surface area contributed by atoms with Crippen LogP contribution in [0.1, 0.15) is 21.6 Å². The van der Waals surface area contributed by atoms with Crippen molar-refractivity contribution in [1.82, 2.24) is 30.2 Å². The summed E-state index contributed by atoms with van der Waals surface area (Å²) in [6.45, 7) is -0.152. The van der Waals surface area contributed by atoms with Crippen LogP contribution < -0.4 is 5.32 Å². The molecule has 1 fully saturated rings. The number of pyridine rings is 1. The summed E-state index contributed by atoms with van der Waals surface area (Å²) in [7, 11) is 1.76. The summed E-state index contributed by atoms with van der Waals surface area (Å²) >= 11 is 1.53. The third-order valence-electron chi connectivity index (χ3n) is 4.83. The van der Waals surface area contributed by atoms with Crippen molar-refractivity contribution in [2.45, 2.75) is 12.5 Å². The molecule has 3 heterocycles. The van der Waals surface area contributed by atoms with Crippen LogP contribution in [0.5, 0.6) is 0 Å². The number of rotatable bonds is 5. The molecule has 1 N–H and O–H groups in total. The molecular formula is C20H19N7O2S. The van der Waals surface area contributed by atoms with Gasteiger partial charge in [0.25, 0.3) is 5.91 Å². The van der Waals surface area contributed by atoms with Crippen LogP contribution in [-0.2, 0) is 18.3 Å². The Balaban J connectivity index is 1.51. The van der Waals surface area contributed by atoms with Gasteiger partial charge in [-0.2, -0.15) is 20.3 Å². The lowest BCUT2D eigenvalue weighted by atomic mass is 10.0. The van der Waals surface area contributed by atoms with Crippen LogP contribution in [0.4, 0.5) is 0 Å². The molecule has 30 heavy (non-hydrogen) atoms. The standard InChI is InChI=1S/C20H19N7O2S/c1-26-24-9-14(25-26)6-13-2-3-18-17(7-13)16(4-5-22-18)20(29)23-10-19(28)27-12-30-11-15(27)8-21/h2-5,7,9,15H,6,10-12H2,1H3,(H,23,29)/t15-/m1/s1. The van der Waals surface area contributed by atoms with Gasteiger partial charge in [-0.25, -0.2) is 0 Å². The Morgan fingerprint density at radius 3 is 3.00 bits per heavy atom. The number of carbonyl (C=O) groups excluding carboxylic acids is 2. The van der Waals surface area contributed by atoms with Crippen LogP contribution in [0.15, 0.2) is 36.7 Å². The molecule has 0 radical (unpaired) electrons. The number of aryl methyl sites for hydroxylation is 1. The lowest BCUT2D eigenvalue weighted by molar-refractivity contribution is -0.129.